The summed E-state index contributed by atoms with van der Waals surface area (Å²) in [5.41, 5.74) is 5.58. The number of rotatable bonds is 7. The summed E-state index contributed by atoms with van der Waals surface area (Å²) in [5, 5.41) is 6.41. The Bertz CT molecular complexity index is 2340. The molecule has 12 heteroatoms. The Morgan fingerprint density at radius 1 is 0.944 bits per heavy atom. The molecule has 2 saturated heterocycles. The number of aromatic nitrogens is 4. The molecule has 1 unspecified atom stereocenters. The van der Waals surface area contributed by atoms with Crippen molar-refractivity contribution in [1.82, 2.24) is 35.5 Å². The van der Waals surface area contributed by atoms with Crippen molar-refractivity contribution >= 4 is 23.0 Å². The van der Waals surface area contributed by atoms with Crippen LogP contribution in [-0.2, 0) is 15.5 Å². The fourth-order valence-electron chi connectivity index (χ4n) is 9.69. The molecule has 2 amide bonds. The molecule has 3 aliphatic carbocycles. The average molecular weight is 732 g/mol. The van der Waals surface area contributed by atoms with E-state index in [9.17, 15) is 9.59 Å². The number of piperidine rings is 1. The minimum absolute atomic E-state index is 0.0101. The molecule has 5 aliphatic rings. The average Bonchev–Trinajstić information content (AvgIpc) is 3.83. The highest BCUT2D eigenvalue weighted by Gasteiger charge is 2.55. The number of H-pyrrole nitrogens is 2. The van der Waals surface area contributed by atoms with E-state index in [1.807, 2.05) is 49.1 Å². The molecule has 0 radical (unpaired) electrons. The fourth-order valence-corrected chi connectivity index (χ4v) is 9.69. The third-order valence-corrected chi connectivity index (χ3v) is 12.9. The zero-order valence-electron chi connectivity index (χ0n) is 30.5. The van der Waals surface area contributed by atoms with Gasteiger partial charge in [-0.3, -0.25) is 4.79 Å². The molecule has 10 nitrogen and oxygen atoms in total. The van der Waals surface area contributed by atoms with Gasteiger partial charge in [0.25, 0.3) is 5.92 Å². The molecule has 2 aromatic heterocycles. The van der Waals surface area contributed by atoms with Gasteiger partial charge in [-0.2, -0.15) is 8.78 Å². The number of nitrogens with one attached hydrogen (secondary N) is 4. The molecule has 5 atom stereocenters. The number of ether oxygens (including phenoxy) is 1. The van der Waals surface area contributed by atoms with Crippen molar-refractivity contribution in [2.45, 2.75) is 82.5 Å². The second kappa shape index (κ2) is 11.9. The van der Waals surface area contributed by atoms with Crippen LogP contribution in [-0.4, -0.2) is 62.6 Å². The maximum Gasteiger partial charge on any atom is 0.407 e. The number of fused-ring (bicyclic) bond motifs is 6. The molecular formula is C42H43F2N7O3. The molecule has 54 heavy (non-hydrogen) atoms. The quantitative estimate of drug-likeness (QED) is 0.134. The molecule has 2 aliphatic heterocycles. The number of alkyl carbamates (subject to hydrolysis) is 1. The third-order valence-electron chi connectivity index (χ3n) is 12.9. The lowest BCUT2D eigenvalue weighted by molar-refractivity contribution is -0.135. The Kier molecular flexibility index (Phi) is 7.41. The Labute approximate surface area is 311 Å². The van der Waals surface area contributed by atoms with Gasteiger partial charge >= 0.3 is 6.09 Å². The summed E-state index contributed by atoms with van der Waals surface area (Å²) in [5.74, 6) is -1.37. The SMILES string of the molecule is COC(=O)N[C@H](C(=O)N1CC2(CC2)C[C@H]1c1ncc(-c2ccc3c(c2)C(F)(F)c2cc(-c4ccc5nc([C@H]6NC7CC[C@H]6C7)[nH]c5c4)ccc2-3)[nH]1)C(C)C. The van der Waals surface area contributed by atoms with Crippen LogP contribution in [0.2, 0.25) is 0 Å². The van der Waals surface area contributed by atoms with Gasteiger partial charge in [-0.05, 0) is 102 Å². The van der Waals surface area contributed by atoms with Crippen molar-refractivity contribution in [2.24, 2.45) is 17.3 Å². The van der Waals surface area contributed by atoms with Crippen LogP contribution in [0.4, 0.5) is 13.6 Å². The molecule has 2 bridgehead atoms. The molecule has 4 fully saturated rings. The van der Waals surface area contributed by atoms with Crippen LogP contribution in [0.5, 0.6) is 0 Å². The normalized spacial score (nSPS) is 24.7. The lowest BCUT2D eigenvalue weighted by Crippen LogP contribution is -2.51. The molecule has 5 aromatic rings. The highest BCUT2D eigenvalue weighted by Crippen LogP contribution is 2.59. The van der Waals surface area contributed by atoms with E-state index in [-0.39, 0.29) is 40.5 Å². The first kappa shape index (κ1) is 33.5. The van der Waals surface area contributed by atoms with Gasteiger partial charge in [-0.1, -0.05) is 44.2 Å². The molecule has 2 saturated carbocycles. The lowest BCUT2D eigenvalue weighted by Gasteiger charge is -2.30. The Balaban J connectivity index is 0.914. The first-order valence-electron chi connectivity index (χ1n) is 19.1. The molecule has 3 aromatic carbocycles. The van der Waals surface area contributed by atoms with Crippen molar-refractivity contribution in [2.75, 3.05) is 13.7 Å². The van der Waals surface area contributed by atoms with E-state index in [1.54, 1.807) is 30.5 Å². The van der Waals surface area contributed by atoms with E-state index >= 15 is 8.78 Å². The highest BCUT2D eigenvalue weighted by molar-refractivity contribution is 5.88. The lowest BCUT2D eigenvalue weighted by atomic mass is 9.98. The van der Waals surface area contributed by atoms with Crippen molar-refractivity contribution in [3.05, 3.63) is 83.6 Å². The number of amides is 2. The van der Waals surface area contributed by atoms with Crippen LogP contribution >= 0.6 is 0 Å². The van der Waals surface area contributed by atoms with Gasteiger partial charge in [0.15, 0.2) is 0 Å². The van der Waals surface area contributed by atoms with Crippen LogP contribution in [0.1, 0.15) is 87.2 Å². The van der Waals surface area contributed by atoms with Gasteiger partial charge in [0.2, 0.25) is 5.91 Å². The van der Waals surface area contributed by atoms with E-state index in [0.29, 0.717) is 46.7 Å². The number of hydrogen-bond acceptors (Lipinski definition) is 6. The van der Waals surface area contributed by atoms with Gasteiger partial charge in [0.1, 0.15) is 17.7 Å². The van der Waals surface area contributed by atoms with E-state index in [0.717, 1.165) is 47.2 Å². The van der Waals surface area contributed by atoms with Gasteiger partial charge in [-0.25, -0.2) is 14.8 Å². The summed E-state index contributed by atoms with van der Waals surface area (Å²) in [6, 6.07) is 16.2. The van der Waals surface area contributed by atoms with Crippen molar-refractivity contribution < 1.29 is 23.1 Å². The zero-order valence-corrected chi connectivity index (χ0v) is 30.5. The second-order valence-corrected chi connectivity index (χ2v) is 16.6. The maximum atomic E-state index is 16.4. The van der Waals surface area contributed by atoms with E-state index in [2.05, 4.69) is 20.6 Å². The third kappa shape index (κ3) is 5.27. The molecular weight excluding hydrogens is 689 g/mol. The summed E-state index contributed by atoms with van der Waals surface area (Å²) in [7, 11) is 1.28. The van der Waals surface area contributed by atoms with Crippen LogP contribution in [0.15, 0.2) is 60.8 Å². The molecule has 10 rings (SSSR count). The summed E-state index contributed by atoms with van der Waals surface area (Å²) >= 11 is 0. The minimum atomic E-state index is -3.20. The predicted molar refractivity (Wildman–Crippen MR) is 199 cm³/mol. The van der Waals surface area contributed by atoms with Gasteiger partial charge in [0, 0.05) is 29.3 Å². The molecule has 4 heterocycles. The standard InChI is InChI=1S/C42H43F2N7O3/c1-21(2)35(50-40(53)54-3)39(52)51-20-41(12-13-41)18-34(51)37-45-19-33(49-37)24-6-10-28-27-9-5-22(15-29(27)42(43,44)30(28)16-24)23-7-11-31-32(17-23)48-38(47-31)36-25-4-8-26(14-25)46-36/h5-7,9-11,15-17,19,21,25-26,34-36,46H,4,8,12-14,18,20H2,1-3H3,(H,45,49)(H,47,48)(H,50,53)/t25-,26?,34-,35-,36-/m0/s1. The summed E-state index contributed by atoms with van der Waals surface area (Å²) in [6.45, 7) is 4.35. The van der Waals surface area contributed by atoms with Crippen molar-refractivity contribution in [1.29, 1.82) is 0 Å². The van der Waals surface area contributed by atoms with Crippen LogP contribution < -0.4 is 10.6 Å². The number of benzene rings is 3. The van der Waals surface area contributed by atoms with E-state index < -0.39 is 18.1 Å². The number of imidazole rings is 2. The van der Waals surface area contributed by atoms with E-state index in [4.69, 9.17) is 14.7 Å². The number of aromatic amines is 2. The number of halogens is 2. The largest absolute Gasteiger partial charge is 0.453 e. The summed E-state index contributed by atoms with van der Waals surface area (Å²) in [4.78, 5) is 44.3. The number of carbonyl (C=O) groups is 2. The topological polar surface area (TPSA) is 128 Å². The summed E-state index contributed by atoms with van der Waals surface area (Å²) in [6.07, 6.45) is 7.46. The second-order valence-electron chi connectivity index (χ2n) is 16.6. The monoisotopic (exact) mass is 731 g/mol. The molecule has 278 valence electrons. The van der Waals surface area contributed by atoms with Gasteiger partial charge in [-0.15, -0.1) is 0 Å². The van der Waals surface area contributed by atoms with Crippen molar-refractivity contribution in [3.8, 4) is 33.5 Å². The number of likely N-dealkylation sites (tertiary alicyclic amines) is 1. The zero-order chi connectivity index (χ0) is 37.1. The van der Waals surface area contributed by atoms with Crippen LogP contribution in [0.3, 0.4) is 0 Å². The number of carbonyl (C=O) groups excluding carboxylic acids is 2. The minimum Gasteiger partial charge on any atom is -0.453 e. The maximum absolute atomic E-state index is 16.4. The van der Waals surface area contributed by atoms with Gasteiger partial charge in [0.05, 0.1) is 42.1 Å². The fraction of sp³-hybridized carbons (Fsp3) is 0.429. The predicted octanol–water partition coefficient (Wildman–Crippen LogP) is 7.99. The Hall–Kier alpha value is -5.10. The molecule has 1 spiro atoms. The highest BCUT2D eigenvalue weighted by atomic mass is 19.3. The number of nitrogens with zero attached hydrogens (tertiary/aromatic N) is 3. The Morgan fingerprint density at radius 2 is 1.67 bits per heavy atom. The van der Waals surface area contributed by atoms with Gasteiger partial charge < -0.3 is 30.2 Å². The number of methoxy groups -OCH3 is 1. The van der Waals surface area contributed by atoms with Crippen LogP contribution in [0.25, 0.3) is 44.5 Å². The van der Waals surface area contributed by atoms with E-state index in [1.165, 1.54) is 26.4 Å². The first-order chi connectivity index (χ1) is 26.0. The molecule has 4 N–H and O–H groups in total. The van der Waals surface area contributed by atoms with Crippen LogP contribution in [0, 0.1) is 17.3 Å². The number of alkyl halides is 2. The Morgan fingerprint density at radius 3 is 2.35 bits per heavy atom. The number of hydrogen-bond donors (Lipinski definition) is 4. The van der Waals surface area contributed by atoms with Crippen molar-refractivity contribution in [3.63, 3.8) is 0 Å². The first-order valence-corrected chi connectivity index (χ1v) is 19.1. The summed E-state index contributed by atoms with van der Waals surface area (Å²) < 4.78 is 37.7. The smallest absolute Gasteiger partial charge is 0.407 e.